The number of halogens is 8. The molecule has 0 unspecified atom stereocenters. The van der Waals surface area contributed by atoms with Gasteiger partial charge in [-0.1, -0.05) is 147 Å². The monoisotopic (exact) mass is 2110 g/mol. The van der Waals surface area contributed by atoms with Gasteiger partial charge in [-0.2, -0.15) is 0 Å². The summed E-state index contributed by atoms with van der Waals surface area (Å²) in [6.07, 6.45) is 19.9. The number of terminal acetylenes is 3. The highest BCUT2D eigenvalue weighted by Crippen LogP contribution is 2.47. The molecule has 8 heterocycles. The summed E-state index contributed by atoms with van der Waals surface area (Å²) >= 11 is 49.1. The summed E-state index contributed by atoms with van der Waals surface area (Å²) in [6.45, 7) is 6.85. The molecule has 4 aromatic heterocycles. The second kappa shape index (κ2) is 48.3. The lowest BCUT2D eigenvalue weighted by Gasteiger charge is -2.35. The first kappa shape index (κ1) is 103. The van der Waals surface area contributed by atoms with E-state index in [4.69, 9.17) is 150 Å². The largest absolute Gasteiger partial charge is 0.494 e. The number of amides is 4. The van der Waals surface area contributed by atoms with Gasteiger partial charge in [0.25, 0.3) is 0 Å². The van der Waals surface area contributed by atoms with Gasteiger partial charge in [-0.05, 0) is 323 Å². The number of fused-ring (bicyclic) bond motifs is 12. The molecule has 0 fully saturated rings. The highest BCUT2D eigenvalue weighted by atomic mass is 35.5. The van der Waals surface area contributed by atoms with Crippen LogP contribution in [-0.4, -0.2) is 167 Å². The number of nitrogens with zero attached hydrogens (tertiary/aromatic N) is 6. The highest BCUT2D eigenvalue weighted by Gasteiger charge is 2.41. The Kier molecular flexibility index (Phi) is 34.2. The van der Waals surface area contributed by atoms with Crippen molar-refractivity contribution in [3.8, 4) is 83.0 Å². The Morgan fingerprint density at radius 1 is 0.301 bits per heavy atom. The number of carbonyl (C=O) groups is 4. The maximum absolute atomic E-state index is 13.5. The molecule has 146 heavy (non-hydrogen) atoms. The van der Waals surface area contributed by atoms with E-state index in [1.807, 2.05) is 170 Å². The van der Waals surface area contributed by atoms with Crippen molar-refractivity contribution in [1.82, 2.24) is 49.3 Å². The molecule has 0 bridgehead atoms. The van der Waals surface area contributed by atoms with Crippen molar-refractivity contribution >= 4 is 161 Å². The van der Waals surface area contributed by atoms with E-state index in [9.17, 15) is 19.2 Å². The van der Waals surface area contributed by atoms with Crippen molar-refractivity contribution in [2.45, 2.75) is 75.5 Å². The molecule has 0 radical (unpaired) electrons. The van der Waals surface area contributed by atoms with Crippen LogP contribution in [-0.2, 0) is 25.7 Å². The van der Waals surface area contributed by atoms with E-state index in [-0.39, 0.29) is 30.8 Å². The lowest BCUT2D eigenvalue weighted by atomic mass is 9.92. The van der Waals surface area contributed by atoms with Crippen LogP contribution in [0.25, 0.3) is 43.6 Å². The molecule has 4 aliphatic heterocycles. The van der Waals surface area contributed by atoms with Gasteiger partial charge < -0.3 is 67.6 Å². The first-order chi connectivity index (χ1) is 70.9. The molecule has 30 heteroatoms. The molecular formula is C116H102Cl8N10O12. The zero-order valence-electron chi connectivity index (χ0n) is 80.0. The number of aromatic amines is 4. The van der Waals surface area contributed by atoms with Crippen LogP contribution in [0.1, 0.15) is 117 Å². The Labute approximate surface area is 886 Å². The molecule has 0 aliphatic carbocycles. The number of carbonyl (C=O) groups excluding carboxylic acids is 4. The zero-order chi connectivity index (χ0) is 102. The standard InChI is InChI=1S/C32H36Cl2N4O3.C29H24Cl2N2O3.C28H22Cl2N2O3.C27H20Cl2N2O3/c1-36(2)18-19-37(3)16-4-20-40-25-10-5-22(6-11-25)31-30-27(28-21-24(34)9-14-29(28)35-30)15-17-38(31)32(39)41-26-12-7-23(33)8-13-26;1-2-3-4-17-35-22-10-5-19(6-11-22)28-27-24(25-18-21(31)9-14-26(25)32-27)15-16-33(28)29(34)36-23-12-7-20(30)8-13-23;1-2-3-16-34-21-9-4-18(5-10-21)27-26-23(24-17-20(30)8-13-25(24)31-26)14-15-32(27)28(33)35-22-11-6-19(29)7-12-22;1-2-15-33-20-8-3-17(4-9-20)26-25-22(23-16-19(29)7-12-24(23)30-25)13-14-31(26)27(32)34-21-10-5-18(28)6-11-21/h5-14,21,31,35H,4,15-20H2,1-3H3;1,5-14,18,28,32H,3-4,15-17H2;1,4-13,17,27,31H,3,14-16H2;1,3-12,16,26,30H,13-15H2/t31-;28-;27-;26-/m0000/s1. The van der Waals surface area contributed by atoms with E-state index in [0.717, 1.165) is 155 Å². The number of ether oxygens (including phenoxy) is 8. The molecule has 4 amide bonds. The summed E-state index contributed by atoms with van der Waals surface area (Å²) in [5.41, 5.74) is 16.1. The lowest BCUT2D eigenvalue weighted by Crippen LogP contribution is -2.42. The van der Waals surface area contributed by atoms with Crippen LogP contribution < -0.4 is 37.9 Å². The minimum atomic E-state index is -0.442. The summed E-state index contributed by atoms with van der Waals surface area (Å²) in [4.78, 5) is 79.2. The van der Waals surface area contributed by atoms with Crippen LogP contribution in [0.3, 0.4) is 0 Å². The van der Waals surface area contributed by atoms with Gasteiger partial charge in [-0.25, -0.2) is 19.2 Å². The average Bonchev–Trinajstić information content (AvgIpc) is 1.60. The summed E-state index contributed by atoms with van der Waals surface area (Å²) in [6, 6.07) is 79.8. The number of rotatable bonds is 25. The van der Waals surface area contributed by atoms with Gasteiger partial charge in [0.2, 0.25) is 0 Å². The van der Waals surface area contributed by atoms with Gasteiger partial charge in [0.1, 0.15) is 76.8 Å². The van der Waals surface area contributed by atoms with Crippen LogP contribution >= 0.6 is 92.8 Å². The number of hydrogen-bond acceptors (Lipinski definition) is 14. The second-order valence-electron chi connectivity index (χ2n) is 35.5. The molecular weight excluding hydrogens is 2010 g/mol. The third kappa shape index (κ3) is 25.2. The molecule has 4 atom stereocenters. The normalized spacial score (nSPS) is 14.9. The van der Waals surface area contributed by atoms with Crippen molar-refractivity contribution < 1.29 is 57.1 Å². The fraction of sp³-hybridized carbons (Fsp3) is 0.224. The number of H-pyrrole nitrogens is 4. The Hall–Kier alpha value is -14.0. The summed E-state index contributed by atoms with van der Waals surface area (Å²) in [7, 11) is 6.31. The number of nitrogens with one attached hydrogen (secondary N) is 4. The Morgan fingerprint density at radius 3 is 0.822 bits per heavy atom. The lowest BCUT2D eigenvalue weighted by molar-refractivity contribution is 0.134. The molecule has 4 aliphatic rings. The maximum atomic E-state index is 13.5. The number of aromatic nitrogens is 4. The highest BCUT2D eigenvalue weighted by molar-refractivity contribution is 6.33. The molecule has 22 nitrogen and oxygen atoms in total. The minimum absolute atomic E-state index is 0.190. The predicted molar refractivity (Wildman–Crippen MR) is 581 cm³/mol. The summed E-state index contributed by atoms with van der Waals surface area (Å²) < 4.78 is 46.0. The number of likely N-dealkylation sites (N-methyl/N-ethyl adjacent to an activating group) is 2. The van der Waals surface area contributed by atoms with Gasteiger partial charge in [0.15, 0.2) is 0 Å². The van der Waals surface area contributed by atoms with E-state index in [1.54, 1.807) is 117 Å². The van der Waals surface area contributed by atoms with Crippen molar-refractivity contribution in [2.75, 3.05) is 93.4 Å². The minimum Gasteiger partial charge on any atom is -0.494 e. The second-order valence-corrected chi connectivity index (χ2v) is 39.0. The third-order valence-electron chi connectivity index (χ3n) is 25.6. The quantitative estimate of drug-likeness (QED) is 0.0309. The fourth-order valence-electron chi connectivity index (χ4n) is 18.6. The SMILES string of the molecule is C#CCCCOc1ccc([C@H]2c3[nH]c4ccc(Cl)cc4c3CCN2C(=O)Oc2ccc(Cl)cc2)cc1.C#CCCOc1ccc([C@H]2c3[nH]c4ccc(Cl)cc4c3CCN2C(=O)Oc2ccc(Cl)cc2)cc1.C#CCOc1ccc([C@H]2c3[nH]c4ccc(Cl)cc4c3CCN2C(=O)Oc2ccc(Cl)cc2)cc1.CN(C)CCN(C)CCCOc1ccc([C@H]2c3[nH]c4ccc(Cl)cc4c3CCN2C(=O)Oc2ccc(Cl)cc2)cc1. The first-order valence-electron chi connectivity index (χ1n) is 47.6. The Bertz CT molecular complexity index is 7450. The van der Waals surface area contributed by atoms with E-state index in [1.165, 1.54) is 5.56 Å². The average molecular weight is 2110 g/mol. The van der Waals surface area contributed by atoms with Crippen molar-refractivity contribution in [3.63, 3.8) is 0 Å². The molecule has 744 valence electrons. The topological polar surface area (TPSA) is 225 Å². The van der Waals surface area contributed by atoms with Crippen LogP contribution in [0.15, 0.2) is 267 Å². The third-order valence-corrected chi connectivity index (χ3v) is 27.6. The van der Waals surface area contributed by atoms with Gasteiger partial charge in [0, 0.05) is 165 Å². The van der Waals surface area contributed by atoms with Gasteiger partial charge >= 0.3 is 24.4 Å². The van der Waals surface area contributed by atoms with Crippen molar-refractivity contribution in [1.29, 1.82) is 0 Å². The Morgan fingerprint density at radius 2 is 0.555 bits per heavy atom. The molecule has 0 saturated heterocycles. The van der Waals surface area contributed by atoms with Crippen LogP contribution in [0.5, 0.6) is 46.0 Å². The van der Waals surface area contributed by atoms with E-state index in [2.05, 4.69) is 68.6 Å². The number of unbranched alkanes of at least 4 members (excludes halogenated alkanes) is 1. The smallest absolute Gasteiger partial charge is 0.416 e. The maximum Gasteiger partial charge on any atom is 0.416 e. The van der Waals surface area contributed by atoms with E-state index >= 15 is 0 Å². The molecule has 0 spiro atoms. The van der Waals surface area contributed by atoms with Crippen LogP contribution in [0.2, 0.25) is 40.2 Å². The van der Waals surface area contributed by atoms with Gasteiger partial charge in [0.05, 0.1) is 19.8 Å². The molecule has 20 rings (SSSR count). The van der Waals surface area contributed by atoms with E-state index in [0.29, 0.717) is 153 Å². The van der Waals surface area contributed by atoms with Crippen LogP contribution in [0, 0.1) is 37.0 Å². The van der Waals surface area contributed by atoms with Crippen molar-refractivity contribution in [2.24, 2.45) is 0 Å². The summed E-state index contributed by atoms with van der Waals surface area (Å²) in [5.74, 6) is 12.3. The Balaban J connectivity index is 0.000000133. The predicted octanol–water partition coefficient (Wildman–Crippen LogP) is 28.0. The van der Waals surface area contributed by atoms with Gasteiger partial charge in [-0.15, -0.1) is 31.1 Å². The van der Waals surface area contributed by atoms with Crippen LogP contribution in [0.4, 0.5) is 19.2 Å². The number of benzene rings is 12. The zero-order valence-corrected chi connectivity index (χ0v) is 86.0. The molecule has 4 N–H and O–H groups in total. The number of hydrogen-bond donors (Lipinski definition) is 4. The summed E-state index contributed by atoms with van der Waals surface area (Å²) in [5, 5.41) is 9.30. The van der Waals surface area contributed by atoms with Crippen molar-refractivity contribution in [3.05, 3.63) is 374 Å². The van der Waals surface area contributed by atoms with Gasteiger partial charge in [-0.3, -0.25) is 19.6 Å². The molecule has 12 aromatic carbocycles. The van der Waals surface area contributed by atoms with E-state index < -0.39 is 24.4 Å². The molecule has 16 aromatic rings. The first-order valence-corrected chi connectivity index (χ1v) is 50.6. The fourth-order valence-corrected chi connectivity index (χ4v) is 19.8. The molecule has 0 saturated carbocycles.